The highest BCUT2D eigenvalue weighted by atomic mass is 32.2. The molecule has 60 valence electrons. The molecular weight excluding hydrogens is 162 g/mol. The fourth-order valence-corrected chi connectivity index (χ4v) is 1.18. The number of rotatable bonds is 2. The summed E-state index contributed by atoms with van der Waals surface area (Å²) in [5.74, 6) is 1.40. The van der Waals surface area contributed by atoms with E-state index >= 15 is 0 Å². The van der Waals surface area contributed by atoms with E-state index in [1.165, 1.54) is 18.2 Å². The molecule has 4 nitrogen and oxygen atoms in total. The van der Waals surface area contributed by atoms with Crippen molar-refractivity contribution < 1.29 is 4.42 Å². The Morgan fingerprint density at radius 2 is 2.64 bits per heavy atom. The number of hydrogen-bond donors (Lipinski definition) is 2. The van der Waals surface area contributed by atoms with Gasteiger partial charge in [-0.15, -0.1) is 0 Å². The van der Waals surface area contributed by atoms with Gasteiger partial charge in [-0.3, -0.25) is 5.41 Å². The van der Waals surface area contributed by atoms with Crippen LogP contribution in [0.5, 0.6) is 0 Å². The molecule has 0 bridgehead atoms. The second-order valence-electron chi connectivity index (χ2n) is 2.01. The fourth-order valence-electron chi connectivity index (χ4n) is 0.613. The Balaban J connectivity index is 2.51. The number of aromatic nitrogens is 1. The van der Waals surface area contributed by atoms with Crippen LogP contribution in [0, 0.1) is 12.3 Å². The molecule has 0 saturated heterocycles. The van der Waals surface area contributed by atoms with Crippen molar-refractivity contribution in [2.24, 2.45) is 5.73 Å². The maximum Gasteiger partial charge on any atom is 0.181 e. The molecular formula is C6H9N3OS. The van der Waals surface area contributed by atoms with Crippen LogP contribution in [0.1, 0.15) is 11.5 Å². The van der Waals surface area contributed by atoms with Gasteiger partial charge in [-0.25, -0.2) is 4.98 Å². The average Bonchev–Trinajstić information content (AvgIpc) is 2.31. The molecule has 1 heterocycles. The Morgan fingerprint density at radius 3 is 3.09 bits per heavy atom. The first-order valence-electron chi connectivity index (χ1n) is 3.06. The fraction of sp³-hybridized carbons (Fsp3) is 0.333. The summed E-state index contributed by atoms with van der Waals surface area (Å²) in [4.78, 5) is 3.95. The Morgan fingerprint density at radius 1 is 1.91 bits per heavy atom. The van der Waals surface area contributed by atoms with Gasteiger partial charge >= 0.3 is 0 Å². The molecule has 0 aliphatic rings. The van der Waals surface area contributed by atoms with Gasteiger partial charge in [0.2, 0.25) is 0 Å². The maximum atomic E-state index is 6.95. The van der Waals surface area contributed by atoms with Crippen LogP contribution in [0.2, 0.25) is 0 Å². The lowest BCUT2D eigenvalue weighted by molar-refractivity contribution is 0.525. The molecule has 0 unspecified atom stereocenters. The summed E-state index contributed by atoms with van der Waals surface area (Å²) in [7, 11) is 0. The van der Waals surface area contributed by atoms with Crippen molar-refractivity contribution in [1.29, 1.82) is 5.41 Å². The summed E-state index contributed by atoms with van der Waals surface area (Å²) in [5, 5.41) is 7.05. The summed E-state index contributed by atoms with van der Waals surface area (Å²) in [6.45, 7) is 1.84. The summed E-state index contributed by atoms with van der Waals surface area (Å²) in [6, 6.07) is 0. The lowest BCUT2D eigenvalue weighted by atomic mass is 10.4. The van der Waals surface area contributed by atoms with Crippen LogP contribution in [0.3, 0.4) is 0 Å². The molecule has 0 fully saturated rings. The van der Waals surface area contributed by atoms with Gasteiger partial charge in [-0.2, -0.15) is 0 Å². The zero-order valence-corrected chi connectivity index (χ0v) is 6.94. The third kappa shape index (κ3) is 2.27. The van der Waals surface area contributed by atoms with Crippen molar-refractivity contribution in [2.45, 2.75) is 12.7 Å². The second-order valence-corrected chi connectivity index (χ2v) is 3.03. The van der Waals surface area contributed by atoms with Crippen LogP contribution in [-0.2, 0) is 5.75 Å². The summed E-state index contributed by atoms with van der Waals surface area (Å²) in [5.41, 5.74) is 6.00. The predicted molar refractivity (Wildman–Crippen MR) is 44.4 cm³/mol. The number of hydrogen-bond acceptors (Lipinski definition) is 4. The molecule has 1 rings (SSSR count). The van der Waals surface area contributed by atoms with Gasteiger partial charge in [-0.05, 0) is 6.92 Å². The molecule has 3 N–H and O–H groups in total. The highest BCUT2D eigenvalue weighted by Crippen LogP contribution is 2.12. The van der Waals surface area contributed by atoms with Gasteiger partial charge in [0.25, 0.3) is 0 Å². The van der Waals surface area contributed by atoms with Crippen molar-refractivity contribution in [2.75, 3.05) is 0 Å². The minimum Gasteiger partial charge on any atom is -0.448 e. The SMILES string of the molecule is Cc1ocnc1CSC(=N)N. The first-order chi connectivity index (χ1) is 5.20. The number of oxazole rings is 1. The third-order valence-electron chi connectivity index (χ3n) is 1.21. The van der Waals surface area contributed by atoms with E-state index in [4.69, 9.17) is 15.6 Å². The number of amidine groups is 1. The monoisotopic (exact) mass is 171 g/mol. The molecule has 0 aliphatic carbocycles. The van der Waals surface area contributed by atoms with E-state index in [-0.39, 0.29) is 5.17 Å². The molecule has 0 amide bonds. The zero-order chi connectivity index (χ0) is 8.27. The molecule has 1 aromatic heterocycles. The average molecular weight is 171 g/mol. The van der Waals surface area contributed by atoms with E-state index in [1.807, 2.05) is 6.92 Å². The van der Waals surface area contributed by atoms with Crippen molar-refractivity contribution in [3.63, 3.8) is 0 Å². The summed E-state index contributed by atoms with van der Waals surface area (Å²) in [6.07, 6.45) is 1.39. The number of thioether (sulfide) groups is 1. The third-order valence-corrected chi connectivity index (χ3v) is 1.94. The molecule has 1 aromatic rings. The van der Waals surface area contributed by atoms with Crippen molar-refractivity contribution in [1.82, 2.24) is 4.98 Å². The maximum absolute atomic E-state index is 6.95. The van der Waals surface area contributed by atoms with Gasteiger partial charge in [0.05, 0.1) is 5.69 Å². The molecule has 0 atom stereocenters. The molecule has 11 heavy (non-hydrogen) atoms. The van der Waals surface area contributed by atoms with Crippen LogP contribution >= 0.6 is 11.8 Å². The van der Waals surface area contributed by atoms with Gasteiger partial charge < -0.3 is 10.2 Å². The van der Waals surface area contributed by atoms with E-state index in [0.29, 0.717) is 5.75 Å². The van der Waals surface area contributed by atoms with Gasteiger partial charge in [0.15, 0.2) is 11.6 Å². The van der Waals surface area contributed by atoms with Gasteiger partial charge in [-0.1, -0.05) is 11.8 Å². The smallest absolute Gasteiger partial charge is 0.181 e. The normalized spacial score (nSPS) is 9.91. The second kappa shape index (κ2) is 3.43. The van der Waals surface area contributed by atoms with E-state index in [2.05, 4.69) is 4.98 Å². The van der Waals surface area contributed by atoms with E-state index in [0.717, 1.165) is 11.5 Å². The van der Waals surface area contributed by atoms with Crippen LogP contribution in [0.15, 0.2) is 10.8 Å². The molecule has 0 aliphatic heterocycles. The molecule has 0 radical (unpaired) electrons. The van der Waals surface area contributed by atoms with E-state index in [9.17, 15) is 0 Å². The Bertz CT molecular complexity index is 258. The summed E-state index contributed by atoms with van der Waals surface area (Å²) < 4.78 is 4.96. The van der Waals surface area contributed by atoms with E-state index in [1.54, 1.807) is 0 Å². The molecule has 5 heteroatoms. The quantitative estimate of drug-likeness (QED) is 0.516. The van der Waals surface area contributed by atoms with Crippen LogP contribution < -0.4 is 5.73 Å². The lowest BCUT2D eigenvalue weighted by Gasteiger charge is -1.94. The first kappa shape index (κ1) is 8.13. The number of aryl methyl sites for hydroxylation is 1. The Kier molecular flexibility index (Phi) is 2.53. The first-order valence-corrected chi connectivity index (χ1v) is 4.04. The minimum atomic E-state index is 0.104. The predicted octanol–water partition coefficient (Wildman–Crippen LogP) is 1.11. The lowest BCUT2D eigenvalue weighted by Crippen LogP contribution is -2.04. The highest BCUT2D eigenvalue weighted by molar-refractivity contribution is 8.13. The zero-order valence-electron chi connectivity index (χ0n) is 6.13. The molecule has 0 saturated carbocycles. The van der Waals surface area contributed by atoms with Crippen molar-refractivity contribution in [3.05, 3.63) is 17.8 Å². The molecule has 0 spiro atoms. The Hall–Kier alpha value is -0.970. The standard InChI is InChI=1S/C6H9N3OS/c1-4-5(9-3-10-4)2-11-6(7)8/h3H,2H2,1H3,(H3,7,8). The van der Waals surface area contributed by atoms with Crippen molar-refractivity contribution >= 4 is 16.9 Å². The van der Waals surface area contributed by atoms with E-state index < -0.39 is 0 Å². The highest BCUT2D eigenvalue weighted by Gasteiger charge is 2.02. The largest absolute Gasteiger partial charge is 0.448 e. The van der Waals surface area contributed by atoms with Crippen LogP contribution in [0.4, 0.5) is 0 Å². The topological polar surface area (TPSA) is 75.9 Å². The number of nitrogens with one attached hydrogen (secondary N) is 1. The van der Waals surface area contributed by atoms with Crippen molar-refractivity contribution in [3.8, 4) is 0 Å². The summed E-state index contributed by atoms with van der Waals surface area (Å²) >= 11 is 1.24. The minimum absolute atomic E-state index is 0.104. The number of nitrogens with zero attached hydrogens (tertiary/aromatic N) is 1. The Labute approximate surface area is 68.7 Å². The van der Waals surface area contributed by atoms with Crippen LogP contribution in [0.25, 0.3) is 0 Å². The van der Waals surface area contributed by atoms with Gasteiger partial charge in [0.1, 0.15) is 5.76 Å². The number of nitrogens with two attached hydrogens (primary N) is 1. The van der Waals surface area contributed by atoms with Gasteiger partial charge in [0, 0.05) is 5.75 Å². The van der Waals surface area contributed by atoms with Crippen LogP contribution in [-0.4, -0.2) is 10.2 Å². The molecule has 0 aromatic carbocycles.